The molecule has 9 nitrogen and oxygen atoms in total. The Morgan fingerprint density at radius 1 is 1.10 bits per heavy atom. The zero-order valence-corrected chi connectivity index (χ0v) is 16.4. The van der Waals surface area contributed by atoms with Crippen molar-refractivity contribution in [2.24, 2.45) is 11.8 Å². The molecule has 0 spiro atoms. The summed E-state index contributed by atoms with van der Waals surface area (Å²) >= 11 is 0. The normalized spacial score (nSPS) is 19.8. The van der Waals surface area contributed by atoms with Gasteiger partial charge in [0.1, 0.15) is 17.8 Å². The van der Waals surface area contributed by atoms with Gasteiger partial charge in [-0.3, -0.25) is 9.59 Å². The summed E-state index contributed by atoms with van der Waals surface area (Å²) in [5, 5.41) is 11.2. The van der Waals surface area contributed by atoms with Crippen LogP contribution in [0, 0.1) is 11.8 Å². The van der Waals surface area contributed by atoms with E-state index < -0.39 is 0 Å². The van der Waals surface area contributed by atoms with Crippen molar-refractivity contribution in [3.8, 4) is 5.75 Å². The topological polar surface area (TPSA) is 102 Å². The van der Waals surface area contributed by atoms with Crippen molar-refractivity contribution >= 4 is 17.5 Å². The van der Waals surface area contributed by atoms with Gasteiger partial charge < -0.3 is 23.9 Å². The van der Waals surface area contributed by atoms with E-state index >= 15 is 0 Å². The van der Waals surface area contributed by atoms with Crippen LogP contribution in [0.3, 0.4) is 0 Å². The van der Waals surface area contributed by atoms with Crippen LogP contribution in [0.1, 0.15) is 26.8 Å². The Morgan fingerprint density at radius 2 is 1.90 bits per heavy atom. The number of carbonyl (C=O) groups is 2. The van der Waals surface area contributed by atoms with E-state index in [2.05, 4.69) is 15.5 Å². The van der Waals surface area contributed by atoms with E-state index in [9.17, 15) is 9.59 Å². The van der Waals surface area contributed by atoms with Crippen LogP contribution < -0.4 is 10.1 Å². The molecule has 2 aromatic heterocycles. The van der Waals surface area contributed by atoms with Gasteiger partial charge in [0.25, 0.3) is 11.8 Å². The Morgan fingerprint density at radius 3 is 2.63 bits per heavy atom. The van der Waals surface area contributed by atoms with Gasteiger partial charge in [-0.05, 0) is 42.2 Å². The molecule has 0 unspecified atom stereocenters. The molecule has 0 saturated carbocycles. The highest BCUT2D eigenvalue weighted by atomic mass is 16.5. The van der Waals surface area contributed by atoms with Gasteiger partial charge in [-0.2, -0.15) is 0 Å². The summed E-state index contributed by atoms with van der Waals surface area (Å²) in [6, 6.07) is 8.79. The summed E-state index contributed by atoms with van der Waals surface area (Å²) in [5.41, 5.74) is 1.22. The van der Waals surface area contributed by atoms with Crippen LogP contribution in [0.25, 0.3) is 0 Å². The molecule has 2 amide bonds. The van der Waals surface area contributed by atoms with Gasteiger partial charge in [-0.25, -0.2) is 0 Å². The lowest BCUT2D eigenvalue weighted by Crippen LogP contribution is -2.31. The quantitative estimate of drug-likeness (QED) is 0.710. The van der Waals surface area contributed by atoms with Crippen LogP contribution >= 0.6 is 0 Å². The zero-order valence-electron chi connectivity index (χ0n) is 16.4. The average molecular weight is 407 g/mol. The van der Waals surface area contributed by atoms with Gasteiger partial charge in [0.2, 0.25) is 5.82 Å². The van der Waals surface area contributed by atoms with Crippen molar-refractivity contribution in [2.45, 2.75) is 13.0 Å². The Kier molecular flexibility index (Phi) is 4.50. The van der Waals surface area contributed by atoms with Crippen molar-refractivity contribution in [3.05, 3.63) is 60.1 Å². The largest absolute Gasteiger partial charge is 0.497 e. The lowest BCUT2D eigenvalue weighted by Gasteiger charge is -2.25. The highest BCUT2D eigenvalue weighted by Gasteiger charge is 2.41. The first kappa shape index (κ1) is 18.4. The number of nitrogens with one attached hydrogen (secondary N) is 1. The number of hydrogen-bond acceptors (Lipinski definition) is 6. The number of aromatic nitrogens is 3. The molecule has 5 rings (SSSR count). The van der Waals surface area contributed by atoms with Crippen molar-refractivity contribution in [1.82, 2.24) is 19.7 Å². The van der Waals surface area contributed by atoms with Gasteiger partial charge in [0.05, 0.1) is 18.9 Å². The van der Waals surface area contributed by atoms with E-state index in [1.165, 1.54) is 12.5 Å². The summed E-state index contributed by atoms with van der Waals surface area (Å²) in [5.74, 6) is 2.04. The number of methoxy groups -OCH3 is 1. The minimum absolute atomic E-state index is 0.0219. The van der Waals surface area contributed by atoms with Gasteiger partial charge >= 0.3 is 0 Å². The summed E-state index contributed by atoms with van der Waals surface area (Å²) in [7, 11) is 1.59. The summed E-state index contributed by atoms with van der Waals surface area (Å²) in [4.78, 5) is 27.3. The Hall–Kier alpha value is -3.62. The lowest BCUT2D eigenvalue weighted by atomic mass is 9.89. The van der Waals surface area contributed by atoms with Gasteiger partial charge in [-0.1, -0.05) is 0 Å². The SMILES string of the molecule is COc1ccc(NC(=O)c2nnc3n2C[C@@H]2CN(C(=O)c4ccoc4)C[C@@H]2C3)cc1. The fraction of sp³-hybridized carbons (Fsp3) is 0.333. The number of furan rings is 1. The van der Waals surface area contributed by atoms with E-state index in [-0.39, 0.29) is 17.7 Å². The molecule has 0 radical (unpaired) electrons. The molecule has 1 N–H and O–H groups in total. The van der Waals surface area contributed by atoms with Crippen LogP contribution in [0.4, 0.5) is 5.69 Å². The second-order valence-corrected chi connectivity index (χ2v) is 7.68. The number of carbonyl (C=O) groups excluding carboxylic acids is 2. The molecule has 30 heavy (non-hydrogen) atoms. The summed E-state index contributed by atoms with van der Waals surface area (Å²) < 4.78 is 12.1. The molecule has 0 bridgehead atoms. The average Bonchev–Trinajstić information content (AvgIpc) is 3.51. The highest BCUT2D eigenvalue weighted by molar-refractivity contribution is 6.01. The third-order valence-corrected chi connectivity index (χ3v) is 5.87. The predicted molar refractivity (Wildman–Crippen MR) is 106 cm³/mol. The minimum atomic E-state index is -0.304. The van der Waals surface area contributed by atoms with Crippen LogP contribution in [-0.2, 0) is 13.0 Å². The molecule has 1 saturated heterocycles. The number of amides is 2. The summed E-state index contributed by atoms with van der Waals surface area (Å²) in [6.45, 7) is 1.94. The van der Waals surface area contributed by atoms with Crippen LogP contribution in [-0.4, -0.2) is 51.7 Å². The predicted octanol–water partition coefficient (Wildman–Crippen LogP) is 2.08. The number of ether oxygens (including phenoxy) is 1. The number of nitrogens with zero attached hydrogens (tertiary/aromatic N) is 4. The molecule has 1 aromatic carbocycles. The molecule has 2 aliphatic heterocycles. The molecule has 3 aromatic rings. The molecule has 0 aliphatic carbocycles. The fourth-order valence-electron chi connectivity index (χ4n) is 4.29. The van der Waals surface area contributed by atoms with Gasteiger partial charge in [-0.15, -0.1) is 10.2 Å². The zero-order chi connectivity index (χ0) is 20.7. The second-order valence-electron chi connectivity index (χ2n) is 7.68. The summed E-state index contributed by atoms with van der Waals surface area (Å²) in [6.07, 6.45) is 3.68. The maximum absolute atomic E-state index is 12.8. The van der Waals surface area contributed by atoms with Crippen molar-refractivity contribution in [3.63, 3.8) is 0 Å². The first-order chi connectivity index (χ1) is 14.6. The number of rotatable bonds is 4. The second kappa shape index (κ2) is 7.33. The first-order valence-corrected chi connectivity index (χ1v) is 9.81. The molecule has 4 heterocycles. The monoisotopic (exact) mass is 407 g/mol. The Balaban J connectivity index is 1.29. The van der Waals surface area contributed by atoms with Crippen LogP contribution in [0.2, 0.25) is 0 Å². The number of likely N-dealkylation sites (tertiary alicyclic amines) is 1. The number of benzene rings is 1. The molecule has 9 heteroatoms. The lowest BCUT2D eigenvalue weighted by molar-refractivity contribution is 0.0782. The van der Waals surface area contributed by atoms with Gasteiger partial charge in [0, 0.05) is 31.7 Å². The number of hydrogen-bond donors (Lipinski definition) is 1. The minimum Gasteiger partial charge on any atom is -0.497 e. The fourth-order valence-corrected chi connectivity index (χ4v) is 4.29. The smallest absolute Gasteiger partial charge is 0.293 e. The van der Waals surface area contributed by atoms with E-state index in [1.54, 1.807) is 37.4 Å². The maximum Gasteiger partial charge on any atom is 0.293 e. The Bertz CT molecular complexity index is 1070. The van der Waals surface area contributed by atoms with Crippen LogP contribution in [0.5, 0.6) is 5.75 Å². The molecule has 154 valence electrons. The molecule has 2 atom stereocenters. The molecular formula is C21H21N5O4. The third-order valence-electron chi connectivity index (χ3n) is 5.87. The van der Waals surface area contributed by atoms with E-state index in [4.69, 9.17) is 9.15 Å². The first-order valence-electron chi connectivity index (χ1n) is 9.81. The molecule has 2 aliphatic rings. The standard InChI is InChI=1S/C21H21N5O4/c1-29-17-4-2-16(3-5-17)22-20(27)19-24-23-18-8-14-9-25(10-15(14)11-26(18)19)21(28)13-6-7-30-12-13/h2-7,12,14-15H,8-11H2,1H3,(H,22,27)/t14-,15-/m0/s1. The van der Waals surface area contributed by atoms with E-state index in [1.807, 2.05) is 9.47 Å². The molecule has 1 fully saturated rings. The number of fused-ring (bicyclic) bond motifs is 2. The van der Waals surface area contributed by atoms with E-state index in [0.717, 1.165) is 11.6 Å². The molecular weight excluding hydrogens is 386 g/mol. The third kappa shape index (κ3) is 3.22. The van der Waals surface area contributed by atoms with Gasteiger partial charge in [0.15, 0.2) is 0 Å². The van der Waals surface area contributed by atoms with Crippen molar-refractivity contribution < 1.29 is 18.7 Å². The Labute approximate surface area is 172 Å². The highest BCUT2D eigenvalue weighted by Crippen LogP contribution is 2.33. The van der Waals surface area contributed by atoms with E-state index in [0.29, 0.717) is 49.0 Å². The maximum atomic E-state index is 12.8. The van der Waals surface area contributed by atoms with Crippen LogP contribution in [0.15, 0.2) is 47.3 Å². The van der Waals surface area contributed by atoms with Crippen molar-refractivity contribution in [2.75, 3.05) is 25.5 Å². The number of anilines is 1. The van der Waals surface area contributed by atoms with Crippen molar-refractivity contribution in [1.29, 1.82) is 0 Å².